The number of carbonyl (C=O) groups excluding carboxylic acids is 1. The van der Waals surface area contributed by atoms with E-state index in [1.807, 2.05) is 59.8 Å². The third-order valence-corrected chi connectivity index (χ3v) is 4.42. The van der Waals surface area contributed by atoms with E-state index >= 15 is 0 Å². The molecule has 2 aromatic rings. The van der Waals surface area contributed by atoms with Crippen LogP contribution in [0.1, 0.15) is 23.9 Å². The Morgan fingerprint density at radius 2 is 2.04 bits per heavy atom. The summed E-state index contributed by atoms with van der Waals surface area (Å²) >= 11 is 0. The topological polar surface area (TPSA) is 50.2 Å². The van der Waals surface area contributed by atoms with Crippen molar-refractivity contribution < 1.29 is 4.79 Å². The van der Waals surface area contributed by atoms with Gasteiger partial charge >= 0.3 is 0 Å². The molecule has 5 heteroatoms. The monoisotopic (exact) mass is 324 g/mol. The fourth-order valence-electron chi connectivity index (χ4n) is 3.11. The molecule has 0 spiro atoms. The summed E-state index contributed by atoms with van der Waals surface area (Å²) < 4.78 is 1.92. The van der Waals surface area contributed by atoms with Crippen LogP contribution in [0, 0.1) is 13.8 Å². The van der Waals surface area contributed by atoms with Crippen molar-refractivity contribution in [3.05, 3.63) is 53.4 Å². The minimum absolute atomic E-state index is 0.0645. The fourth-order valence-corrected chi connectivity index (χ4v) is 3.11. The van der Waals surface area contributed by atoms with Gasteiger partial charge in [0.25, 0.3) is 0 Å². The number of piperazine rings is 1. The van der Waals surface area contributed by atoms with Crippen molar-refractivity contribution in [1.29, 1.82) is 0 Å². The molecule has 1 saturated heterocycles. The first-order valence-corrected chi connectivity index (χ1v) is 8.38. The van der Waals surface area contributed by atoms with E-state index in [4.69, 9.17) is 0 Å². The van der Waals surface area contributed by atoms with Gasteiger partial charge in [0.15, 0.2) is 0 Å². The van der Waals surface area contributed by atoms with Crippen LogP contribution in [-0.2, 0) is 4.79 Å². The molecule has 0 radical (unpaired) electrons. The van der Waals surface area contributed by atoms with Gasteiger partial charge in [-0.3, -0.25) is 4.79 Å². The number of para-hydroxylation sites is 1. The van der Waals surface area contributed by atoms with Crippen LogP contribution in [0.25, 0.3) is 11.8 Å². The van der Waals surface area contributed by atoms with E-state index in [1.54, 1.807) is 6.08 Å². The Labute approximate surface area is 143 Å². The first kappa shape index (κ1) is 16.5. The van der Waals surface area contributed by atoms with E-state index in [-0.39, 0.29) is 5.91 Å². The van der Waals surface area contributed by atoms with Gasteiger partial charge in [0, 0.05) is 43.0 Å². The molecule has 3 rings (SSSR count). The first-order valence-electron chi connectivity index (χ1n) is 8.38. The molecular formula is C19H24N4O. The predicted octanol–water partition coefficient (Wildman–Crippen LogP) is 2.32. The van der Waals surface area contributed by atoms with E-state index in [2.05, 4.69) is 17.3 Å². The van der Waals surface area contributed by atoms with Gasteiger partial charge in [-0.05, 0) is 39.0 Å². The molecular weight excluding hydrogens is 300 g/mol. The highest BCUT2D eigenvalue weighted by Gasteiger charge is 2.19. The maximum absolute atomic E-state index is 12.4. The van der Waals surface area contributed by atoms with Gasteiger partial charge < -0.3 is 10.2 Å². The second kappa shape index (κ2) is 7.01. The van der Waals surface area contributed by atoms with E-state index in [9.17, 15) is 4.79 Å². The highest BCUT2D eigenvalue weighted by Crippen LogP contribution is 2.19. The van der Waals surface area contributed by atoms with Crippen LogP contribution in [0.2, 0.25) is 0 Å². The molecule has 0 aliphatic carbocycles. The molecule has 1 aromatic carbocycles. The van der Waals surface area contributed by atoms with Gasteiger partial charge in [-0.15, -0.1) is 0 Å². The van der Waals surface area contributed by atoms with Crippen molar-refractivity contribution in [1.82, 2.24) is 20.0 Å². The highest BCUT2D eigenvalue weighted by molar-refractivity contribution is 5.92. The number of aryl methyl sites for hydroxylation is 1. The minimum atomic E-state index is 0.0645. The van der Waals surface area contributed by atoms with E-state index in [0.29, 0.717) is 6.04 Å². The van der Waals surface area contributed by atoms with E-state index in [1.165, 1.54) is 0 Å². The Morgan fingerprint density at radius 1 is 1.29 bits per heavy atom. The summed E-state index contributed by atoms with van der Waals surface area (Å²) in [6.45, 7) is 8.47. The largest absolute Gasteiger partial charge is 0.336 e. The summed E-state index contributed by atoms with van der Waals surface area (Å²) in [5.41, 5.74) is 4.00. The molecule has 0 saturated carbocycles. The lowest BCUT2D eigenvalue weighted by atomic mass is 10.1. The molecule has 126 valence electrons. The van der Waals surface area contributed by atoms with Gasteiger partial charge in [-0.25, -0.2) is 4.68 Å². The Hall–Kier alpha value is -2.40. The second-order valence-electron chi connectivity index (χ2n) is 6.30. The van der Waals surface area contributed by atoms with E-state index in [0.717, 1.165) is 42.3 Å². The Balaban J connectivity index is 1.80. The molecule has 1 aliphatic heterocycles. The van der Waals surface area contributed by atoms with Crippen molar-refractivity contribution in [2.75, 3.05) is 19.6 Å². The molecule has 1 fully saturated rings. The average molecular weight is 324 g/mol. The zero-order valence-corrected chi connectivity index (χ0v) is 14.5. The zero-order chi connectivity index (χ0) is 17.1. The van der Waals surface area contributed by atoms with Gasteiger partial charge in [0.05, 0.1) is 11.4 Å². The SMILES string of the molecule is Cc1nn(-c2ccccc2)c(C)c1C=CC(=O)N1CCNC(C)C1. The average Bonchev–Trinajstić information content (AvgIpc) is 2.88. The number of benzene rings is 1. The maximum Gasteiger partial charge on any atom is 0.246 e. The summed E-state index contributed by atoms with van der Waals surface area (Å²) in [5.74, 6) is 0.0645. The number of amides is 1. The summed E-state index contributed by atoms with van der Waals surface area (Å²) in [6, 6.07) is 10.4. The Morgan fingerprint density at radius 3 is 2.75 bits per heavy atom. The normalized spacial score (nSPS) is 18.3. The summed E-state index contributed by atoms with van der Waals surface area (Å²) in [4.78, 5) is 14.3. The van der Waals surface area contributed by atoms with Crippen LogP contribution < -0.4 is 5.32 Å². The van der Waals surface area contributed by atoms with Crippen LogP contribution in [0.3, 0.4) is 0 Å². The van der Waals surface area contributed by atoms with Gasteiger partial charge in [0.1, 0.15) is 0 Å². The lowest BCUT2D eigenvalue weighted by molar-refractivity contribution is -0.127. The van der Waals surface area contributed by atoms with Crippen LogP contribution in [0.15, 0.2) is 36.4 Å². The maximum atomic E-state index is 12.4. The highest BCUT2D eigenvalue weighted by atomic mass is 16.2. The van der Waals surface area contributed by atoms with Crippen LogP contribution in [-0.4, -0.2) is 46.3 Å². The number of nitrogens with zero attached hydrogens (tertiary/aromatic N) is 3. The number of hydrogen-bond acceptors (Lipinski definition) is 3. The molecule has 1 N–H and O–H groups in total. The number of hydrogen-bond donors (Lipinski definition) is 1. The molecule has 2 heterocycles. The third kappa shape index (κ3) is 3.41. The van der Waals surface area contributed by atoms with Crippen LogP contribution >= 0.6 is 0 Å². The van der Waals surface area contributed by atoms with Gasteiger partial charge in [-0.1, -0.05) is 18.2 Å². The molecule has 1 amide bonds. The summed E-state index contributed by atoms with van der Waals surface area (Å²) in [6.07, 6.45) is 3.57. The zero-order valence-electron chi connectivity index (χ0n) is 14.5. The first-order chi connectivity index (χ1) is 11.6. The van der Waals surface area contributed by atoms with E-state index < -0.39 is 0 Å². The smallest absolute Gasteiger partial charge is 0.246 e. The molecule has 1 unspecified atom stereocenters. The Bertz CT molecular complexity index is 748. The quantitative estimate of drug-likeness (QED) is 0.882. The Kier molecular flexibility index (Phi) is 4.81. The van der Waals surface area contributed by atoms with Gasteiger partial charge in [0.2, 0.25) is 5.91 Å². The summed E-state index contributed by atoms with van der Waals surface area (Å²) in [7, 11) is 0. The molecule has 1 aliphatic rings. The number of rotatable bonds is 3. The van der Waals surface area contributed by atoms with Gasteiger partial charge in [-0.2, -0.15) is 5.10 Å². The van der Waals surface area contributed by atoms with Crippen molar-refractivity contribution >= 4 is 12.0 Å². The second-order valence-corrected chi connectivity index (χ2v) is 6.30. The molecule has 24 heavy (non-hydrogen) atoms. The minimum Gasteiger partial charge on any atom is -0.336 e. The van der Waals surface area contributed by atoms with Crippen LogP contribution in [0.5, 0.6) is 0 Å². The number of carbonyl (C=O) groups is 1. The number of nitrogens with one attached hydrogen (secondary N) is 1. The predicted molar refractivity (Wildman–Crippen MR) is 96.1 cm³/mol. The standard InChI is InChI=1S/C19H24N4O/c1-14-13-22(12-11-20-14)19(24)10-9-18-15(2)21-23(16(18)3)17-7-5-4-6-8-17/h4-10,14,20H,11-13H2,1-3H3. The molecule has 1 atom stereocenters. The van der Waals surface area contributed by atoms with Crippen molar-refractivity contribution in [3.63, 3.8) is 0 Å². The molecule has 1 aromatic heterocycles. The third-order valence-electron chi connectivity index (χ3n) is 4.42. The molecule has 5 nitrogen and oxygen atoms in total. The van der Waals surface area contributed by atoms with Crippen LogP contribution in [0.4, 0.5) is 0 Å². The van der Waals surface area contributed by atoms with Crippen molar-refractivity contribution in [2.45, 2.75) is 26.8 Å². The lowest BCUT2D eigenvalue weighted by Crippen LogP contribution is -2.50. The summed E-state index contributed by atoms with van der Waals surface area (Å²) in [5, 5.41) is 7.96. The molecule has 0 bridgehead atoms. The van der Waals surface area contributed by atoms with Crippen molar-refractivity contribution in [3.8, 4) is 5.69 Å². The lowest BCUT2D eigenvalue weighted by Gasteiger charge is -2.31. The number of aromatic nitrogens is 2. The van der Waals surface area contributed by atoms with Crippen molar-refractivity contribution in [2.24, 2.45) is 0 Å². The fraction of sp³-hybridized carbons (Fsp3) is 0.368.